The third-order valence-corrected chi connectivity index (χ3v) is 4.97. The molecule has 1 saturated heterocycles. The number of benzene rings is 1. The van der Waals surface area contributed by atoms with Gasteiger partial charge in [-0.05, 0) is 38.4 Å². The molecular formula is C17H24N2O3S. The van der Waals surface area contributed by atoms with Crippen molar-refractivity contribution >= 4 is 25.0 Å². The van der Waals surface area contributed by atoms with Gasteiger partial charge in [-0.2, -0.15) is 12.6 Å². The van der Waals surface area contributed by atoms with Gasteiger partial charge in [-0.3, -0.25) is 9.69 Å². The number of hydrogen-bond donors (Lipinski definition) is 2. The Labute approximate surface area is 142 Å². The second-order valence-electron chi connectivity index (χ2n) is 5.83. The molecule has 0 saturated carbocycles. The van der Waals surface area contributed by atoms with E-state index in [9.17, 15) is 9.59 Å². The van der Waals surface area contributed by atoms with E-state index in [0.29, 0.717) is 25.9 Å². The number of esters is 1. The maximum Gasteiger partial charge on any atom is 0.330 e. The highest BCUT2D eigenvalue weighted by molar-refractivity contribution is 7.82. The Morgan fingerprint density at radius 2 is 2.04 bits per heavy atom. The summed E-state index contributed by atoms with van der Waals surface area (Å²) in [7, 11) is 0. The van der Waals surface area contributed by atoms with E-state index in [1.54, 1.807) is 6.92 Å². The van der Waals surface area contributed by atoms with Gasteiger partial charge in [0, 0.05) is 11.3 Å². The summed E-state index contributed by atoms with van der Waals surface area (Å²) in [4.78, 5) is 25.3. The fourth-order valence-electron chi connectivity index (χ4n) is 2.96. The average Bonchev–Trinajstić information content (AvgIpc) is 2.56. The Kier molecular flexibility index (Phi) is 6.47. The van der Waals surface area contributed by atoms with Crippen LogP contribution in [0.25, 0.3) is 0 Å². The number of amides is 1. The van der Waals surface area contributed by atoms with Gasteiger partial charge in [0.05, 0.1) is 6.61 Å². The van der Waals surface area contributed by atoms with E-state index in [-0.39, 0.29) is 0 Å². The minimum Gasteiger partial charge on any atom is -0.464 e. The molecule has 1 unspecified atom stereocenters. The van der Waals surface area contributed by atoms with Crippen LogP contribution in [0, 0.1) is 0 Å². The van der Waals surface area contributed by atoms with Crippen LogP contribution in [0.4, 0.5) is 0 Å². The molecule has 1 fully saturated rings. The number of nitrogens with zero attached hydrogens (tertiary/aromatic N) is 1. The first-order valence-corrected chi connectivity index (χ1v) is 8.39. The van der Waals surface area contributed by atoms with Gasteiger partial charge in [0.15, 0.2) is 0 Å². The van der Waals surface area contributed by atoms with Gasteiger partial charge >= 0.3 is 5.97 Å². The molecule has 0 aromatic heterocycles. The first-order chi connectivity index (χ1) is 11.1. The van der Waals surface area contributed by atoms with Gasteiger partial charge in [0.25, 0.3) is 0 Å². The summed E-state index contributed by atoms with van der Waals surface area (Å²) in [6, 6.07) is 9.59. The second kappa shape index (κ2) is 8.36. The quantitative estimate of drug-likeness (QED) is 0.451. The molecule has 5 nitrogen and oxygen atoms in total. The lowest BCUT2D eigenvalue weighted by Crippen LogP contribution is -2.57. The molecule has 2 rings (SSSR count). The van der Waals surface area contributed by atoms with Crippen LogP contribution in [-0.4, -0.2) is 47.8 Å². The largest absolute Gasteiger partial charge is 0.464 e. The number of hydrogen-bond acceptors (Lipinski definition) is 5. The van der Waals surface area contributed by atoms with E-state index in [2.05, 4.69) is 22.3 Å². The lowest BCUT2D eigenvalue weighted by atomic mass is 9.88. The molecule has 0 spiro atoms. The molecule has 6 heteroatoms. The maximum absolute atomic E-state index is 12.1. The first-order valence-electron chi connectivity index (χ1n) is 7.94. The summed E-state index contributed by atoms with van der Waals surface area (Å²) >= 11 is 4.73. The zero-order valence-corrected chi connectivity index (χ0v) is 14.3. The number of thiol groups is 1. The van der Waals surface area contributed by atoms with Gasteiger partial charge in [0.2, 0.25) is 6.41 Å². The molecule has 126 valence electrons. The molecule has 1 aromatic carbocycles. The number of carbonyl (C=O) groups excluding carboxylic acids is 2. The smallest absolute Gasteiger partial charge is 0.330 e. The molecule has 1 aliphatic heterocycles. The summed E-state index contributed by atoms with van der Waals surface area (Å²) in [5.74, 6) is -0.411. The van der Waals surface area contributed by atoms with Crippen LogP contribution in [0.5, 0.6) is 0 Å². The van der Waals surface area contributed by atoms with Crippen LogP contribution in [0.2, 0.25) is 0 Å². The number of piperidine rings is 1. The summed E-state index contributed by atoms with van der Waals surface area (Å²) in [6.45, 7) is 4.59. The minimum atomic E-state index is -0.706. The van der Waals surface area contributed by atoms with Crippen LogP contribution in [-0.2, 0) is 20.9 Å². The highest BCUT2D eigenvalue weighted by Gasteiger charge is 2.43. The zero-order chi connectivity index (χ0) is 16.7. The van der Waals surface area contributed by atoms with Crippen molar-refractivity contribution in [2.75, 3.05) is 19.7 Å². The number of nitrogens with one attached hydrogen (secondary N) is 1. The summed E-state index contributed by atoms with van der Waals surface area (Å²) in [5.41, 5.74) is 1.27. The van der Waals surface area contributed by atoms with E-state index in [1.165, 1.54) is 5.56 Å². The fraction of sp³-hybridized carbons (Fsp3) is 0.529. The van der Waals surface area contributed by atoms with Crippen molar-refractivity contribution in [3.05, 3.63) is 35.9 Å². The zero-order valence-electron chi connectivity index (χ0n) is 13.4. The minimum absolute atomic E-state index is 0.292. The van der Waals surface area contributed by atoms with E-state index >= 15 is 0 Å². The molecule has 1 atom stereocenters. The molecule has 1 heterocycles. The van der Waals surface area contributed by atoms with Crippen molar-refractivity contribution in [2.45, 2.75) is 37.1 Å². The predicted molar refractivity (Wildman–Crippen MR) is 92.3 cm³/mol. The van der Waals surface area contributed by atoms with E-state index in [1.807, 2.05) is 18.2 Å². The molecular weight excluding hydrogens is 312 g/mol. The van der Waals surface area contributed by atoms with Gasteiger partial charge in [-0.25, -0.2) is 4.79 Å². The topological polar surface area (TPSA) is 58.6 Å². The Morgan fingerprint density at radius 3 is 2.61 bits per heavy atom. The van der Waals surface area contributed by atoms with Gasteiger partial charge < -0.3 is 10.1 Å². The second-order valence-corrected chi connectivity index (χ2v) is 6.73. The molecule has 0 bridgehead atoms. The number of rotatable bonds is 7. The third-order valence-electron chi connectivity index (χ3n) is 4.27. The Bertz CT molecular complexity index is 516. The van der Waals surface area contributed by atoms with Crippen LogP contribution in [0.15, 0.2) is 30.3 Å². The fourth-order valence-corrected chi connectivity index (χ4v) is 3.34. The Hall–Kier alpha value is -1.53. The number of ether oxygens (including phenoxy) is 1. The normalized spacial score (nSPS) is 18.9. The van der Waals surface area contributed by atoms with Crippen LogP contribution < -0.4 is 5.32 Å². The van der Waals surface area contributed by atoms with Gasteiger partial charge in [0.1, 0.15) is 6.04 Å². The first kappa shape index (κ1) is 17.8. The van der Waals surface area contributed by atoms with Crippen LogP contribution >= 0.6 is 12.6 Å². The molecule has 1 aliphatic rings. The highest BCUT2D eigenvalue weighted by Crippen LogP contribution is 2.33. The molecule has 0 radical (unpaired) electrons. The van der Waals surface area contributed by atoms with Crippen LogP contribution in [0.1, 0.15) is 25.3 Å². The maximum atomic E-state index is 12.1. The lowest BCUT2D eigenvalue weighted by molar-refractivity contribution is -0.147. The number of likely N-dealkylation sites (tertiary alicyclic amines) is 1. The summed E-state index contributed by atoms with van der Waals surface area (Å²) in [5, 5.41) is 2.59. The highest BCUT2D eigenvalue weighted by atomic mass is 32.1. The molecule has 1 N–H and O–H groups in total. The van der Waals surface area contributed by atoms with Crippen LogP contribution in [0.3, 0.4) is 0 Å². The van der Waals surface area contributed by atoms with Crippen molar-refractivity contribution in [3.8, 4) is 0 Å². The molecule has 0 aliphatic carbocycles. The number of carbonyl (C=O) groups is 2. The molecule has 23 heavy (non-hydrogen) atoms. The van der Waals surface area contributed by atoms with Gasteiger partial charge in [-0.15, -0.1) is 0 Å². The SMILES string of the molecule is CCOC(=O)C(NC=O)C1(S)CCN(Cc2ccccc2)CC1. The third kappa shape index (κ3) is 4.72. The van der Waals surface area contributed by atoms with E-state index < -0.39 is 16.8 Å². The Morgan fingerprint density at radius 1 is 1.39 bits per heavy atom. The lowest BCUT2D eigenvalue weighted by Gasteiger charge is -2.42. The molecule has 1 aromatic rings. The van der Waals surface area contributed by atoms with Crippen molar-refractivity contribution in [3.63, 3.8) is 0 Å². The summed E-state index contributed by atoms with van der Waals surface area (Å²) < 4.78 is 4.51. The van der Waals surface area contributed by atoms with E-state index in [0.717, 1.165) is 19.6 Å². The van der Waals surface area contributed by atoms with E-state index in [4.69, 9.17) is 17.4 Å². The standard InChI is InChI=1S/C17H24N2O3S/c1-2-22-16(21)15(18-13-20)17(23)8-10-19(11-9-17)12-14-6-4-3-5-7-14/h3-7,13,15,23H,2,8-12H2,1H3,(H,18,20). The van der Waals surface area contributed by atoms with Crippen molar-refractivity contribution in [2.24, 2.45) is 0 Å². The van der Waals surface area contributed by atoms with Crippen molar-refractivity contribution in [1.29, 1.82) is 0 Å². The Balaban J connectivity index is 1.96. The molecule has 1 amide bonds. The average molecular weight is 336 g/mol. The predicted octanol–water partition coefficient (Wildman–Crippen LogP) is 1.63. The monoisotopic (exact) mass is 336 g/mol. The summed E-state index contributed by atoms with van der Waals surface area (Å²) in [6.07, 6.45) is 1.98. The van der Waals surface area contributed by atoms with Crippen molar-refractivity contribution < 1.29 is 14.3 Å². The van der Waals surface area contributed by atoms with Gasteiger partial charge in [-0.1, -0.05) is 30.3 Å². The van der Waals surface area contributed by atoms with Crippen molar-refractivity contribution in [1.82, 2.24) is 10.2 Å².